The molecule has 1 heterocycles. The number of carbonyl (C=O) groups is 1. The summed E-state index contributed by atoms with van der Waals surface area (Å²) in [4.78, 5) is 11.0. The maximum Gasteiger partial charge on any atom is 0.367 e. The number of hydrogen-bond donors (Lipinski definition) is 1. The van der Waals surface area contributed by atoms with Crippen LogP contribution in [-0.2, 0) is 9.53 Å². The van der Waals surface area contributed by atoms with Gasteiger partial charge in [-0.3, -0.25) is 0 Å². The Morgan fingerprint density at radius 1 is 1.54 bits per heavy atom. The molecule has 74 valence electrons. The van der Waals surface area contributed by atoms with Crippen LogP contribution in [0.3, 0.4) is 0 Å². The fraction of sp³-hybridized carbons (Fsp3) is 0.667. The monoisotopic (exact) mass is 187 g/mol. The van der Waals surface area contributed by atoms with E-state index in [0.717, 1.165) is 13.1 Å². The second kappa shape index (κ2) is 4.97. The van der Waals surface area contributed by atoms with Crippen LogP contribution >= 0.6 is 0 Å². The van der Waals surface area contributed by atoms with E-state index in [4.69, 9.17) is 0 Å². The van der Waals surface area contributed by atoms with Crippen molar-refractivity contribution in [2.24, 2.45) is 0 Å². The van der Waals surface area contributed by atoms with Crippen LogP contribution in [0, 0.1) is 0 Å². The number of rotatable bonds is 2. The van der Waals surface area contributed by atoms with Gasteiger partial charge in [0.1, 0.15) is 0 Å². The summed E-state index contributed by atoms with van der Waals surface area (Å²) in [5, 5.41) is 3.09. The zero-order chi connectivity index (χ0) is 9.68. The first kappa shape index (κ1) is 10.2. The van der Waals surface area contributed by atoms with Crippen LogP contribution in [-0.4, -0.2) is 25.7 Å². The summed E-state index contributed by atoms with van der Waals surface area (Å²) in [7, 11) is 0. The van der Waals surface area contributed by atoms with Crippen molar-refractivity contribution in [3.05, 3.63) is 11.4 Å². The van der Waals surface area contributed by atoms with Crippen LogP contribution in [0.25, 0.3) is 0 Å². The highest BCUT2D eigenvalue weighted by Crippen LogP contribution is 2.17. The fourth-order valence-electron chi connectivity index (χ4n) is 1.29. The highest BCUT2D eigenvalue weighted by Gasteiger charge is 2.17. The van der Waals surface area contributed by atoms with E-state index >= 15 is 0 Å². The van der Waals surface area contributed by atoms with Crippen molar-refractivity contribution < 1.29 is 13.9 Å². The average molecular weight is 187 g/mol. The second-order valence-electron chi connectivity index (χ2n) is 2.89. The molecule has 0 amide bonds. The predicted molar refractivity (Wildman–Crippen MR) is 46.9 cm³/mol. The van der Waals surface area contributed by atoms with Crippen molar-refractivity contribution in [3.63, 3.8) is 0 Å². The van der Waals surface area contributed by atoms with Crippen molar-refractivity contribution in [1.29, 1.82) is 0 Å². The zero-order valence-corrected chi connectivity index (χ0v) is 7.73. The van der Waals surface area contributed by atoms with Crippen LogP contribution in [0.1, 0.15) is 19.8 Å². The first-order chi connectivity index (χ1) is 6.25. The molecule has 1 aliphatic rings. The fourth-order valence-corrected chi connectivity index (χ4v) is 1.29. The van der Waals surface area contributed by atoms with Crippen molar-refractivity contribution in [2.75, 3.05) is 19.7 Å². The smallest absolute Gasteiger partial charge is 0.367 e. The number of piperidine rings is 1. The molecule has 1 fully saturated rings. The lowest BCUT2D eigenvalue weighted by Crippen LogP contribution is -2.24. The molecule has 4 heteroatoms. The van der Waals surface area contributed by atoms with E-state index in [9.17, 15) is 9.18 Å². The van der Waals surface area contributed by atoms with Crippen molar-refractivity contribution >= 4 is 5.97 Å². The van der Waals surface area contributed by atoms with Crippen molar-refractivity contribution in [2.45, 2.75) is 19.8 Å². The molecule has 1 aliphatic heterocycles. The van der Waals surface area contributed by atoms with Gasteiger partial charge in [0.25, 0.3) is 0 Å². The molecule has 0 aromatic rings. The van der Waals surface area contributed by atoms with Crippen molar-refractivity contribution in [3.8, 4) is 0 Å². The molecule has 13 heavy (non-hydrogen) atoms. The summed E-state index contributed by atoms with van der Waals surface area (Å²) in [6, 6.07) is 0. The van der Waals surface area contributed by atoms with Crippen LogP contribution < -0.4 is 5.32 Å². The minimum Gasteiger partial charge on any atom is -0.461 e. The summed E-state index contributed by atoms with van der Waals surface area (Å²) >= 11 is 0. The molecule has 1 N–H and O–H groups in total. The topological polar surface area (TPSA) is 38.3 Å². The van der Waals surface area contributed by atoms with E-state index in [1.165, 1.54) is 0 Å². The Labute approximate surface area is 77.0 Å². The zero-order valence-electron chi connectivity index (χ0n) is 7.73. The highest BCUT2D eigenvalue weighted by atomic mass is 19.1. The Balaban J connectivity index is 2.60. The number of nitrogens with one attached hydrogen (secondary N) is 1. The third kappa shape index (κ3) is 2.81. The number of esters is 1. The maximum atomic E-state index is 13.2. The molecule has 0 aromatic heterocycles. The largest absolute Gasteiger partial charge is 0.461 e. The number of hydrogen-bond acceptors (Lipinski definition) is 3. The third-order valence-electron chi connectivity index (χ3n) is 1.97. The lowest BCUT2D eigenvalue weighted by atomic mass is 10.0. The molecule has 0 spiro atoms. The summed E-state index contributed by atoms with van der Waals surface area (Å²) in [5.74, 6) is -1.51. The Morgan fingerprint density at radius 2 is 2.15 bits per heavy atom. The van der Waals surface area contributed by atoms with E-state index in [1.54, 1.807) is 6.92 Å². The van der Waals surface area contributed by atoms with Gasteiger partial charge in [-0.2, -0.15) is 4.39 Å². The van der Waals surface area contributed by atoms with Gasteiger partial charge in [-0.15, -0.1) is 0 Å². The Bertz CT molecular complexity index is 218. The normalized spacial score (nSPS) is 16.9. The molecular formula is C9H14FNO2. The maximum absolute atomic E-state index is 13.2. The van der Waals surface area contributed by atoms with Gasteiger partial charge >= 0.3 is 5.97 Å². The van der Waals surface area contributed by atoms with Gasteiger partial charge in [-0.1, -0.05) is 0 Å². The van der Waals surface area contributed by atoms with Gasteiger partial charge in [0.15, 0.2) is 0 Å². The summed E-state index contributed by atoms with van der Waals surface area (Å²) in [5.41, 5.74) is 0.581. The molecule has 3 nitrogen and oxygen atoms in total. The quantitative estimate of drug-likeness (QED) is 0.520. The lowest BCUT2D eigenvalue weighted by Gasteiger charge is -2.15. The molecule has 0 saturated carbocycles. The number of ether oxygens (including phenoxy) is 1. The number of carbonyl (C=O) groups excluding carboxylic acids is 1. The minimum atomic E-state index is -0.820. The van der Waals surface area contributed by atoms with Crippen LogP contribution in [0.4, 0.5) is 4.39 Å². The predicted octanol–water partition coefficient (Wildman–Crippen LogP) is 1.16. The molecule has 1 saturated heterocycles. The van der Waals surface area contributed by atoms with Crippen molar-refractivity contribution in [1.82, 2.24) is 5.32 Å². The van der Waals surface area contributed by atoms with E-state index in [1.807, 2.05) is 0 Å². The molecule has 1 rings (SSSR count). The Hall–Kier alpha value is -0.900. The first-order valence-electron chi connectivity index (χ1n) is 4.51. The summed E-state index contributed by atoms with van der Waals surface area (Å²) in [6.07, 6.45) is 1.20. The third-order valence-corrected chi connectivity index (χ3v) is 1.97. The van der Waals surface area contributed by atoms with E-state index in [2.05, 4.69) is 10.1 Å². The molecule has 0 aromatic carbocycles. The number of halogens is 1. The van der Waals surface area contributed by atoms with Crippen LogP contribution in [0.5, 0.6) is 0 Å². The van der Waals surface area contributed by atoms with Gasteiger partial charge < -0.3 is 10.1 Å². The minimum absolute atomic E-state index is 0.220. The lowest BCUT2D eigenvalue weighted by molar-refractivity contribution is -0.140. The summed E-state index contributed by atoms with van der Waals surface area (Å²) in [6.45, 7) is 3.36. The molecule has 0 bridgehead atoms. The van der Waals surface area contributed by atoms with Gasteiger partial charge in [0.2, 0.25) is 5.83 Å². The molecule has 0 atom stereocenters. The van der Waals surface area contributed by atoms with Crippen LogP contribution in [0.2, 0.25) is 0 Å². The molecular weight excluding hydrogens is 173 g/mol. The van der Waals surface area contributed by atoms with E-state index in [0.29, 0.717) is 18.4 Å². The molecule has 0 unspecified atom stereocenters. The van der Waals surface area contributed by atoms with E-state index in [-0.39, 0.29) is 6.61 Å². The second-order valence-corrected chi connectivity index (χ2v) is 2.89. The highest BCUT2D eigenvalue weighted by molar-refractivity contribution is 5.86. The Kier molecular flexibility index (Phi) is 3.89. The Morgan fingerprint density at radius 3 is 2.69 bits per heavy atom. The van der Waals surface area contributed by atoms with E-state index < -0.39 is 11.8 Å². The van der Waals surface area contributed by atoms with Gasteiger partial charge in [0.05, 0.1) is 6.61 Å². The standard InChI is InChI=1S/C9H14FNO2/c1-2-13-9(12)8(10)7-3-5-11-6-4-7/h11H,2-6H2,1H3. The average Bonchev–Trinajstić information content (AvgIpc) is 2.18. The van der Waals surface area contributed by atoms with Crippen LogP contribution in [0.15, 0.2) is 11.4 Å². The van der Waals surface area contributed by atoms with Gasteiger partial charge in [0, 0.05) is 0 Å². The molecule has 0 aliphatic carbocycles. The first-order valence-corrected chi connectivity index (χ1v) is 4.51. The summed E-state index contributed by atoms with van der Waals surface area (Å²) < 4.78 is 17.8. The van der Waals surface area contributed by atoms with Gasteiger partial charge in [-0.25, -0.2) is 4.79 Å². The molecule has 0 radical (unpaired) electrons. The SMILES string of the molecule is CCOC(=O)C(F)=C1CCNCC1. The van der Waals surface area contributed by atoms with Gasteiger partial charge in [-0.05, 0) is 38.4 Å².